The molecule has 5 heteroatoms. The maximum absolute atomic E-state index is 12.5. The van der Waals surface area contributed by atoms with Crippen LogP contribution in [0, 0.1) is 0 Å². The standard InChI is InChI=1S/C16H22F2N2.ClH/c1-20(15-8-13-6-7-14(9-15)19-13)10-11-2-4-12(5-3-11)16(17)18;/h2-5,13-16,19H,6-10H2,1H3;1H. The molecule has 0 amide bonds. The lowest BCUT2D eigenvalue weighted by molar-refractivity contribution is 0.151. The Morgan fingerprint density at radius 3 is 2.24 bits per heavy atom. The predicted molar refractivity (Wildman–Crippen MR) is 83.1 cm³/mol. The first-order chi connectivity index (χ1) is 9.61. The molecule has 0 radical (unpaired) electrons. The summed E-state index contributed by atoms with van der Waals surface area (Å²) >= 11 is 0. The van der Waals surface area contributed by atoms with Crippen molar-refractivity contribution in [1.29, 1.82) is 0 Å². The zero-order valence-electron chi connectivity index (χ0n) is 12.3. The van der Waals surface area contributed by atoms with E-state index in [-0.39, 0.29) is 18.0 Å². The summed E-state index contributed by atoms with van der Waals surface area (Å²) in [7, 11) is 2.15. The van der Waals surface area contributed by atoms with Crippen LogP contribution in [0.15, 0.2) is 24.3 Å². The van der Waals surface area contributed by atoms with E-state index in [1.165, 1.54) is 25.7 Å². The highest BCUT2D eigenvalue weighted by molar-refractivity contribution is 5.85. The lowest BCUT2D eigenvalue weighted by atomic mass is 9.98. The van der Waals surface area contributed by atoms with Gasteiger partial charge in [0.1, 0.15) is 0 Å². The van der Waals surface area contributed by atoms with Gasteiger partial charge in [-0.05, 0) is 38.3 Å². The van der Waals surface area contributed by atoms with Crippen molar-refractivity contribution in [2.45, 2.75) is 56.8 Å². The normalized spacial score (nSPS) is 28.0. The molecule has 2 heterocycles. The van der Waals surface area contributed by atoms with Gasteiger partial charge in [-0.2, -0.15) is 0 Å². The molecule has 2 saturated heterocycles. The van der Waals surface area contributed by atoms with Crippen LogP contribution in [-0.2, 0) is 6.54 Å². The second-order valence-electron chi connectivity index (χ2n) is 6.22. The van der Waals surface area contributed by atoms with Crippen molar-refractivity contribution in [3.8, 4) is 0 Å². The number of hydrogen-bond acceptors (Lipinski definition) is 2. The number of fused-ring (bicyclic) bond motifs is 2. The number of alkyl halides is 2. The minimum absolute atomic E-state index is 0. The first kappa shape index (κ1) is 16.7. The fourth-order valence-corrected chi connectivity index (χ4v) is 3.57. The van der Waals surface area contributed by atoms with E-state index in [9.17, 15) is 8.78 Å². The minimum atomic E-state index is -2.37. The van der Waals surface area contributed by atoms with E-state index in [2.05, 4.69) is 17.3 Å². The Morgan fingerprint density at radius 1 is 1.14 bits per heavy atom. The van der Waals surface area contributed by atoms with E-state index < -0.39 is 6.43 Å². The van der Waals surface area contributed by atoms with Crippen LogP contribution < -0.4 is 5.32 Å². The molecule has 2 bridgehead atoms. The van der Waals surface area contributed by atoms with Crippen molar-refractivity contribution >= 4 is 12.4 Å². The van der Waals surface area contributed by atoms with Gasteiger partial charge >= 0.3 is 0 Å². The molecule has 1 N–H and O–H groups in total. The van der Waals surface area contributed by atoms with E-state index in [4.69, 9.17) is 0 Å². The van der Waals surface area contributed by atoms with Crippen molar-refractivity contribution in [2.75, 3.05) is 7.05 Å². The Morgan fingerprint density at radius 2 is 1.71 bits per heavy atom. The molecule has 3 rings (SSSR count). The highest BCUT2D eigenvalue weighted by Crippen LogP contribution is 2.30. The number of nitrogens with zero attached hydrogens (tertiary/aromatic N) is 1. The Bertz CT molecular complexity index is 440. The summed E-state index contributed by atoms with van der Waals surface area (Å²) in [6.07, 6.45) is 2.65. The second-order valence-corrected chi connectivity index (χ2v) is 6.22. The summed E-state index contributed by atoms with van der Waals surface area (Å²) in [5, 5.41) is 3.65. The largest absolute Gasteiger partial charge is 0.311 e. The Labute approximate surface area is 131 Å². The summed E-state index contributed by atoms with van der Waals surface area (Å²) in [4.78, 5) is 2.38. The van der Waals surface area contributed by atoms with Gasteiger partial charge in [0.05, 0.1) is 0 Å². The number of hydrogen-bond donors (Lipinski definition) is 1. The molecule has 2 unspecified atom stereocenters. The summed E-state index contributed by atoms with van der Waals surface area (Å²) < 4.78 is 25.1. The fraction of sp³-hybridized carbons (Fsp3) is 0.625. The number of halogens is 3. The van der Waals surface area contributed by atoms with Gasteiger partial charge in [0, 0.05) is 30.2 Å². The SMILES string of the molecule is CN(Cc1ccc(C(F)F)cc1)C1CC2CCC(C1)N2.Cl. The molecule has 2 fully saturated rings. The molecule has 2 aliphatic rings. The molecule has 21 heavy (non-hydrogen) atoms. The molecular weight excluding hydrogens is 294 g/mol. The quantitative estimate of drug-likeness (QED) is 0.910. The third kappa shape index (κ3) is 3.93. The predicted octanol–water partition coefficient (Wildman–Crippen LogP) is 3.76. The lowest BCUT2D eigenvalue weighted by Gasteiger charge is -2.35. The van der Waals surface area contributed by atoms with Crippen molar-refractivity contribution in [1.82, 2.24) is 10.2 Å². The smallest absolute Gasteiger partial charge is 0.263 e. The van der Waals surface area contributed by atoms with Gasteiger partial charge in [0.2, 0.25) is 0 Å². The van der Waals surface area contributed by atoms with Crippen LogP contribution >= 0.6 is 12.4 Å². The van der Waals surface area contributed by atoms with Crippen LogP contribution in [0.1, 0.15) is 43.2 Å². The first-order valence-corrected chi connectivity index (χ1v) is 7.45. The Balaban J connectivity index is 0.00000161. The topological polar surface area (TPSA) is 15.3 Å². The molecular formula is C16H23ClF2N2. The monoisotopic (exact) mass is 316 g/mol. The number of rotatable bonds is 4. The van der Waals surface area contributed by atoms with Gasteiger partial charge in [-0.1, -0.05) is 24.3 Å². The van der Waals surface area contributed by atoms with Crippen LogP contribution in [0.2, 0.25) is 0 Å². The van der Waals surface area contributed by atoms with Crippen molar-refractivity contribution in [3.63, 3.8) is 0 Å². The average molecular weight is 317 g/mol. The summed E-state index contributed by atoms with van der Waals surface area (Å²) in [5.41, 5.74) is 1.22. The zero-order valence-corrected chi connectivity index (χ0v) is 13.1. The minimum Gasteiger partial charge on any atom is -0.311 e. The molecule has 2 aliphatic heterocycles. The molecule has 1 aromatic carbocycles. The highest BCUT2D eigenvalue weighted by atomic mass is 35.5. The Hall–Kier alpha value is -0.710. The van der Waals surface area contributed by atoms with Gasteiger partial charge in [-0.3, -0.25) is 4.90 Å². The first-order valence-electron chi connectivity index (χ1n) is 7.45. The third-order valence-electron chi connectivity index (χ3n) is 4.74. The summed E-state index contributed by atoms with van der Waals surface area (Å²) in [5.74, 6) is 0. The Kier molecular flexibility index (Phi) is 5.58. The van der Waals surface area contributed by atoms with Gasteiger partial charge in [-0.25, -0.2) is 8.78 Å². The number of benzene rings is 1. The van der Waals surface area contributed by atoms with Crippen molar-refractivity contribution in [3.05, 3.63) is 35.4 Å². The van der Waals surface area contributed by atoms with Crippen molar-refractivity contribution in [2.24, 2.45) is 0 Å². The van der Waals surface area contributed by atoms with Crippen LogP contribution in [0.25, 0.3) is 0 Å². The second kappa shape index (κ2) is 7.03. The molecule has 1 aromatic rings. The van der Waals surface area contributed by atoms with E-state index in [0.717, 1.165) is 12.1 Å². The van der Waals surface area contributed by atoms with Gasteiger partial charge in [0.15, 0.2) is 0 Å². The van der Waals surface area contributed by atoms with Crippen LogP contribution in [0.3, 0.4) is 0 Å². The summed E-state index contributed by atoms with van der Waals surface area (Å²) in [6.45, 7) is 0.841. The average Bonchev–Trinajstić information content (AvgIpc) is 2.78. The third-order valence-corrected chi connectivity index (χ3v) is 4.74. The molecule has 0 aromatic heterocycles. The van der Waals surface area contributed by atoms with Crippen molar-refractivity contribution < 1.29 is 8.78 Å². The molecule has 0 saturated carbocycles. The van der Waals surface area contributed by atoms with E-state index in [1.54, 1.807) is 12.1 Å². The van der Waals surface area contributed by atoms with Gasteiger partial charge < -0.3 is 5.32 Å². The lowest BCUT2D eigenvalue weighted by Crippen LogP contribution is -2.46. The molecule has 2 atom stereocenters. The zero-order chi connectivity index (χ0) is 14.1. The summed E-state index contributed by atoms with van der Waals surface area (Å²) in [6, 6.07) is 8.72. The van der Waals surface area contributed by atoms with E-state index in [1.807, 2.05) is 12.1 Å². The number of nitrogens with one attached hydrogen (secondary N) is 1. The van der Waals surface area contributed by atoms with Crippen LogP contribution in [0.5, 0.6) is 0 Å². The van der Waals surface area contributed by atoms with Crippen LogP contribution in [0.4, 0.5) is 8.78 Å². The van der Waals surface area contributed by atoms with Gasteiger partial charge in [-0.15, -0.1) is 12.4 Å². The maximum Gasteiger partial charge on any atom is 0.263 e. The van der Waals surface area contributed by atoms with Crippen LogP contribution in [-0.4, -0.2) is 30.1 Å². The molecule has 0 spiro atoms. The van der Waals surface area contributed by atoms with E-state index in [0.29, 0.717) is 18.1 Å². The molecule has 118 valence electrons. The van der Waals surface area contributed by atoms with Gasteiger partial charge in [0.25, 0.3) is 6.43 Å². The highest BCUT2D eigenvalue weighted by Gasteiger charge is 2.34. The maximum atomic E-state index is 12.5. The number of piperidine rings is 1. The molecule has 0 aliphatic carbocycles. The fourth-order valence-electron chi connectivity index (χ4n) is 3.57. The van der Waals surface area contributed by atoms with E-state index >= 15 is 0 Å². The molecule has 2 nitrogen and oxygen atoms in total.